The molecule has 0 aromatic heterocycles. The van der Waals surface area contributed by atoms with Crippen LogP contribution in [0.25, 0.3) is 0 Å². The molecule has 0 aromatic carbocycles. The molecule has 0 aromatic rings. The quantitative estimate of drug-likeness (QED) is 0.598. The molecule has 2 aliphatic rings. The molecule has 2 rings (SSSR count). The molecule has 2 heterocycles. The molecule has 0 N–H and O–H groups in total. The van der Waals surface area contributed by atoms with Crippen LogP contribution >= 0.6 is 11.6 Å². The summed E-state index contributed by atoms with van der Waals surface area (Å²) in [5.41, 5.74) is 0. The summed E-state index contributed by atoms with van der Waals surface area (Å²) < 4.78 is 11.5. The first-order valence-electron chi connectivity index (χ1n) is 4.80. The van der Waals surface area contributed by atoms with Gasteiger partial charge in [0, 0.05) is 25.9 Å². The smallest absolute Gasteiger partial charge is 0.171 e. The summed E-state index contributed by atoms with van der Waals surface area (Å²) in [5, 5.41) is 0. The third kappa shape index (κ3) is 1.99. The first kappa shape index (κ1) is 9.71. The van der Waals surface area contributed by atoms with Crippen molar-refractivity contribution in [2.75, 3.05) is 32.6 Å². The lowest BCUT2D eigenvalue weighted by atomic mass is 10.0. The van der Waals surface area contributed by atoms with Gasteiger partial charge in [0.15, 0.2) is 5.79 Å². The molecule has 1 unspecified atom stereocenters. The second kappa shape index (κ2) is 3.73. The third-order valence-corrected chi connectivity index (χ3v) is 3.18. The molecule has 0 bridgehead atoms. The Balaban J connectivity index is 1.92. The second-order valence-electron chi connectivity index (χ2n) is 3.92. The molecule has 2 saturated heterocycles. The lowest BCUT2D eigenvalue weighted by Crippen LogP contribution is -2.43. The molecule has 0 saturated carbocycles. The normalized spacial score (nSPS) is 34.2. The highest BCUT2D eigenvalue weighted by molar-refractivity contribution is 6.18. The van der Waals surface area contributed by atoms with Crippen LogP contribution in [0.5, 0.6) is 0 Å². The largest absolute Gasteiger partial charge is 0.347 e. The van der Waals surface area contributed by atoms with Crippen molar-refractivity contribution in [3.05, 3.63) is 0 Å². The second-order valence-corrected chi connectivity index (χ2v) is 4.23. The number of hydrogen-bond donors (Lipinski definition) is 0. The minimum Gasteiger partial charge on any atom is -0.347 e. The van der Waals surface area contributed by atoms with E-state index < -0.39 is 0 Å². The number of rotatable bonds is 1. The van der Waals surface area contributed by atoms with Crippen molar-refractivity contribution < 1.29 is 9.47 Å². The van der Waals surface area contributed by atoms with Gasteiger partial charge in [-0.2, -0.15) is 0 Å². The number of alkyl halides is 1. The fourth-order valence-electron chi connectivity index (χ4n) is 1.91. The van der Waals surface area contributed by atoms with Gasteiger partial charge in [-0.3, -0.25) is 0 Å². The SMILES string of the molecule is CN1CCC2(CC1)OCC(CCl)O2. The molecule has 0 amide bonds. The zero-order valence-electron chi connectivity index (χ0n) is 7.96. The lowest BCUT2D eigenvalue weighted by molar-refractivity contribution is -0.191. The van der Waals surface area contributed by atoms with Gasteiger partial charge in [0.2, 0.25) is 0 Å². The van der Waals surface area contributed by atoms with Crippen LogP contribution < -0.4 is 0 Å². The van der Waals surface area contributed by atoms with E-state index in [1.165, 1.54) is 0 Å². The Kier molecular flexibility index (Phi) is 2.79. The zero-order chi connectivity index (χ0) is 9.31. The molecular formula is C9H16ClNO2. The number of ether oxygens (including phenoxy) is 2. The van der Waals surface area contributed by atoms with E-state index in [1.807, 2.05) is 0 Å². The van der Waals surface area contributed by atoms with E-state index in [-0.39, 0.29) is 11.9 Å². The molecular weight excluding hydrogens is 190 g/mol. The van der Waals surface area contributed by atoms with Crippen LogP contribution in [0.15, 0.2) is 0 Å². The lowest BCUT2D eigenvalue weighted by Gasteiger charge is -2.36. The van der Waals surface area contributed by atoms with Gasteiger partial charge in [-0.15, -0.1) is 11.6 Å². The molecule has 3 nitrogen and oxygen atoms in total. The maximum atomic E-state index is 5.81. The summed E-state index contributed by atoms with van der Waals surface area (Å²) in [4.78, 5) is 2.30. The van der Waals surface area contributed by atoms with Gasteiger partial charge < -0.3 is 14.4 Å². The molecule has 2 aliphatic heterocycles. The molecule has 4 heteroatoms. The van der Waals surface area contributed by atoms with Crippen molar-refractivity contribution in [1.82, 2.24) is 4.90 Å². The molecule has 0 radical (unpaired) electrons. The van der Waals surface area contributed by atoms with Gasteiger partial charge in [0.1, 0.15) is 0 Å². The highest BCUT2D eigenvalue weighted by Crippen LogP contribution is 2.33. The predicted molar refractivity (Wildman–Crippen MR) is 51.0 cm³/mol. The Labute approximate surface area is 83.9 Å². The highest BCUT2D eigenvalue weighted by atomic mass is 35.5. The Morgan fingerprint density at radius 3 is 2.69 bits per heavy atom. The Morgan fingerprint density at radius 2 is 2.15 bits per heavy atom. The van der Waals surface area contributed by atoms with Gasteiger partial charge >= 0.3 is 0 Å². The number of halogens is 1. The van der Waals surface area contributed by atoms with Crippen LogP contribution in [0.4, 0.5) is 0 Å². The summed E-state index contributed by atoms with van der Waals surface area (Å²) in [5.74, 6) is 0.240. The minimum atomic E-state index is -0.300. The van der Waals surface area contributed by atoms with Crippen molar-refractivity contribution >= 4 is 11.6 Å². The molecule has 0 aliphatic carbocycles. The van der Waals surface area contributed by atoms with Gasteiger partial charge in [-0.25, -0.2) is 0 Å². The predicted octanol–water partition coefficient (Wildman–Crippen LogP) is 1.06. The van der Waals surface area contributed by atoms with Crippen molar-refractivity contribution in [2.24, 2.45) is 0 Å². The summed E-state index contributed by atoms with van der Waals surface area (Å²) in [6.45, 7) is 2.76. The maximum absolute atomic E-state index is 5.81. The summed E-state index contributed by atoms with van der Waals surface area (Å²) in [6, 6.07) is 0. The van der Waals surface area contributed by atoms with Crippen LogP contribution in [0, 0.1) is 0 Å². The average Bonchev–Trinajstić information content (AvgIpc) is 2.55. The monoisotopic (exact) mass is 205 g/mol. The van der Waals surface area contributed by atoms with E-state index in [0.29, 0.717) is 12.5 Å². The molecule has 1 spiro atoms. The average molecular weight is 206 g/mol. The van der Waals surface area contributed by atoms with E-state index in [1.54, 1.807) is 0 Å². The molecule has 13 heavy (non-hydrogen) atoms. The fraction of sp³-hybridized carbons (Fsp3) is 1.00. The first-order valence-corrected chi connectivity index (χ1v) is 5.34. The third-order valence-electron chi connectivity index (χ3n) is 2.83. The van der Waals surface area contributed by atoms with Crippen LogP contribution in [-0.2, 0) is 9.47 Å². The Hall–Kier alpha value is 0.170. The summed E-state index contributed by atoms with van der Waals surface area (Å²) in [7, 11) is 2.13. The molecule has 76 valence electrons. The summed E-state index contributed by atoms with van der Waals surface area (Å²) in [6.07, 6.45) is 2.04. The molecule has 2 fully saturated rings. The highest BCUT2D eigenvalue weighted by Gasteiger charge is 2.42. The van der Waals surface area contributed by atoms with Gasteiger partial charge in [0.25, 0.3) is 0 Å². The standard InChI is InChI=1S/C9H16ClNO2/c1-11-4-2-9(3-5-11)12-7-8(6-10)13-9/h8H,2-7H2,1H3. The van der Waals surface area contributed by atoms with Gasteiger partial charge in [-0.05, 0) is 7.05 Å². The van der Waals surface area contributed by atoms with Crippen molar-refractivity contribution in [3.8, 4) is 0 Å². The van der Waals surface area contributed by atoms with E-state index in [0.717, 1.165) is 25.9 Å². The van der Waals surface area contributed by atoms with Crippen LogP contribution in [0.3, 0.4) is 0 Å². The summed E-state index contributed by atoms with van der Waals surface area (Å²) >= 11 is 5.72. The van der Waals surface area contributed by atoms with E-state index in [9.17, 15) is 0 Å². The van der Waals surface area contributed by atoms with E-state index in [4.69, 9.17) is 21.1 Å². The number of hydrogen-bond acceptors (Lipinski definition) is 3. The van der Waals surface area contributed by atoms with Crippen molar-refractivity contribution in [2.45, 2.75) is 24.7 Å². The zero-order valence-corrected chi connectivity index (χ0v) is 8.72. The van der Waals surface area contributed by atoms with Crippen LogP contribution in [0.1, 0.15) is 12.8 Å². The van der Waals surface area contributed by atoms with Gasteiger partial charge in [0.05, 0.1) is 18.6 Å². The van der Waals surface area contributed by atoms with E-state index >= 15 is 0 Å². The number of nitrogens with zero attached hydrogens (tertiary/aromatic N) is 1. The van der Waals surface area contributed by atoms with E-state index in [2.05, 4.69) is 11.9 Å². The number of piperidine rings is 1. The minimum absolute atomic E-state index is 0.102. The first-order chi connectivity index (χ1) is 6.24. The topological polar surface area (TPSA) is 21.7 Å². The maximum Gasteiger partial charge on any atom is 0.171 e. The van der Waals surface area contributed by atoms with Crippen molar-refractivity contribution in [1.29, 1.82) is 0 Å². The van der Waals surface area contributed by atoms with Crippen LogP contribution in [0.2, 0.25) is 0 Å². The fourth-order valence-corrected chi connectivity index (χ4v) is 2.07. The van der Waals surface area contributed by atoms with Gasteiger partial charge in [-0.1, -0.05) is 0 Å². The van der Waals surface area contributed by atoms with Crippen LogP contribution in [-0.4, -0.2) is 49.4 Å². The Morgan fingerprint density at radius 1 is 1.46 bits per heavy atom. The number of likely N-dealkylation sites (tertiary alicyclic amines) is 1. The Bertz CT molecular complexity index is 180. The van der Waals surface area contributed by atoms with Crippen molar-refractivity contribution in [3.63, 3.8) is 0 Å². The molecule has 1 atom stereocenters.